The monoisotopic (exact) mass is 1270 g/mol. The molecule has 0 fully saturated rings. The maximum Gasteiger partial charge on any atom is 0.389 e. The topological polar surface area (TPSA) is 220 Å². The first-order chi connectivity index (χ1) is 40.8. The molecule has 27 heteroatoms. The Kier molecular flexibility index (Phi) is 26.5. The number of hydrogen-bond acceptors (Lipinski definition) is 13. The van der Waals surface area contributed by atoms with Gasteiger partial charge in [0.15, 0.2) is 23.9 Å². The van der Waals surface area contributed by atoms with Crippen molar-refractivity contribution >= 4 is 75.7 Å². The first kappa shape index (κ1) is 71.0. The van der Waals surface area contributed by atoms with E-state index >= 15 is 0 Å². The normalized spacial score (nSPS) is 17.2. The van der Waals surface area contributed by atoms with Gasteiger partial charge in [-0.1, -0.05) is 109 Å². The average Bonchev–Trinajstić information content (AvgIpc) is 1.98. The number of carbonyl (C=O) groups is 7. The van der Waals surface area contributed by atoms with Gasteiger partial charge in [-0.2, -0.15) is 76.2 Å². The summed E-state index contributed by atoms with van der Waals surface area (Å²) in [6, 6.07) is 30.2. The number of carbonyl (C=O) groups excluding carboxylic acids is 7. The van der Waals surface area contributed by atoms with Crippen molar-refractivity contribution in [1.29, 1.82) is 0 Å². The first-order valence-corrected chi connectivity index (χ1v) is 29.7. The van der Waals surface area contributed by atoms with E-state index in [9.17, 15) is 86.2 Å². The van der Waals surface area contributed by atoms with Crippen LogP contribution in [0.25, 0.3) is 0 Å². The van der Waals surface area contributed by atoms with Gasteiger partial charge >= 0.3 is 24.7 Å². The van der Waals surface area contributed by atoms with E-state index in [1.807, 2.05) is 0 Å². The standard InChI is InChI=1S/C31H33F6N3O4S.C29H31F6N3O3S/c1-18(41)24(38)16-45-17-26(43)22(11-13-30(32,33)34)23(12-14-31(35,36)37)29(44)40-28-25(42)15-20-9-5-6-10-21(20)27(39-28)19-7-3-2-4-8-19;30-28(31,32)12-10-21(24(40)17-42-15-14-36)22(11-13-29(33,34)35)27(41)38-26-23(39)16-19-8-4-5-9-20(19)25(37-26)18-6-2-1-3-7-18/h2-10,22-24,28H,11-17,38H2,1H3,(H,40,44);1-9,21-22,26H,10-17,36H2,(H,38,41)/t22-,23+,24-,28+;21-,22+,26+/m00/s1. The minimum Gasteiger partial charge on any atom is -0.330 e. The smallest absolute Gasteiger partial charge is 0.330 e. The van der Waals surface area contributed by atoms with Gasteiger partial charge in [-0.05, 0) is 43.7 Å². The van der Waals surface area contributed by atoms with E-state index in [1.54, 1.807) is 109 Å². The van der Waals surface area contributed by atoms with Crippen LogP contribution in [0.4, 0.5) is 52.7 Å². The molecule has 6 rings (SSSR count). The molecule has 0 saturated carbocycles. The Balaban J connectivity index is 0.000000318. The summed E-state index contributed by atoms with van der Waals surface area (Å²) in [6.07, 6.45) is -32.2. The Morgan fingerprint density at radius 3 is 1.20 bits per heavy atom. The van der Waals surface area contributed by atoms with Crippen molar-refractivity contribution in [2.24, 2.45) is 45.1 Å². The van der Waals surface area contributed by atoms with Crippen molar-refractivity contribution in [3.63, 3.8) is 0 Å². The van der Waals surface area contributed by atoms with Crippen LogP contribution in [0, 0.1) is 23.7 Å². The predicted octanol–water partition coefficient (Wildman–Crippen LogP) is 10.5. The zero-order valence-electron chi connectivity index (χ0n) is 46.8. The van der Waals surface area contributed by atoms with Crippen molar-refractivity contribution in [3.8, 4) is 0 Å². The third-order valence-corrected chi connectivity index (χ3v) is 16.1. The van der Waals surface area contributed by atoms with Gasteiger partial charge in [-0.3, -0.25) is 43.5 Å². The summed E-state index contributed by atoms with van der Waals surface area (Å²) in [6.45, 7) is 1.40. The molecule has 0 spiro atoms. The fourth-order valence-electron chi connectivity index (χ4n) is 9.64. The molecule has 0 unspecified atom stereocenters. The van der Waals surface area contributed by atoms with E-state index in [4.69, 9.17) is 11.5 Å². The Hall–Kier alpha value is -6.71. The van der Waals surface area contributed by atoms with Crippen LogP contribution in [0.1, 0.15) is 91.7 Å². The molecule has 2 aliphatic heterocycles. The Labute approximate surface area is 502 Å². The van der Waals surface area contributed by atoms with Crippen LogP contribution >= 0.6 is 23.5 Å². The minimum absolute atomic E-state index is 0.0550. The number of aliphatic imine (C=N–C) groups is 2. The molecule has 2 heterocycles. The number of alkyl halides is 12. The van der Waals surface area contributed by atoms with Crippen molar-refractivity contribution in [3.05, 3.63) is 143 Å². The molecule has 6 N–H and O–H groups in total. The molecule has 7 atom stereocenters. The predicted molar refractivity (Wildman–Crippen MR) is 306 cm³/mol. The molecule has 13 nitrogen and oxygen atoms in total. The van der Waals surface area contributed by atoms with Crippen LogP contribution in [-0.4, -0.2) is 125 Å². The van der Waals surface area contributed by atoms with Gasteiger partial charge in [-0.15, -0.1) is 0 Å². The summed E-state index contributed by atoms with van der Waals surface area (Å²) in [5.74, 6) is -13.1. The fourth-order valence-corrected chi connectivity index (χ4v) is 11.4. The van der Waals surface area contributed by atoms with Crippen molar-refractivity contribution in [1.82, 2.24) is 10.6 Å². The number of nitrogens with zero attached hydrogens (tertiary/aromatic N) is 2. The van der Waals surface area contributed by atoms with Crippen molar-refractivity contribution in [2.75, 3.05) is 29.6 Å². The van der Waals surface area contributed by atoms with Crippen LogP contribution in [0.3, 0.4) is 0 Å². The number of nitrogens with two attached hydrogens (primary N) is 2. The first-order valence-electron chi connectivity index (χ1n) is 27.4. The number of fused-ring (bicyclic) bond motifs is 2. The summed E-state index contributed by atoms with van der Waals surface area (Å²) in [5, 5.41) is 4.73. The largest absolute Gasteiger partial charge is 0.389 e. The summed E-state index contributed by atoms with van der Waals surface area (Å²) in [5.41, 5.74) is 15.4. The molecule has 472 valence electrons. The molecule has 2 aliphatic rings. The summed E-state index contributed by atoms with van der Waals surface area (Å²) in [4.78, 5) is 100. The van der Waals surface area contributed by atoms with E-state index in [0.717, 1.165) is 23.5 Å². The molecular weight excluding hydrogens is 1210 g/mol. The Bertz CT molecular complexity index is 3070. The minimum atomic E-state index is -4.78. The van der Waals surface area contributed by atoms with Crippen LogP contribution in [0.5, 0.6) is 0 Å². The molecule has 0 radical (unpaired) electrons. The number of hydrogen-bond donors (Lipinski definition) is 4. The average molecular weight is 1270 g/mol. The van der Waals surface area contributed by atoms with Crippen molar-refractivity contribution in [2.45, 2.75) is 114 Å². The lowest BCUT2D eigenvalue weighted by Gasteiger charge is -2.27. The molecule has 0 aliphatic carbocycles. The number of halogens is 12. The van der Waals surface area contributed by atoms with Crippen LogP contribution in [-0.2, 0) is 46.4 Å². The lowest BCUT2D eigenvalue weighted by Crippen LogP contribution is -2.46. The van der Waals surface area contributed by atoms with E-state index in [1.165, 1.54) is 6.92 Å². The summed E-state index contributed by atoms with van der Waals surface area (Å²) < 4.78 is 159. The van der Waals surface area contributed by atoms with Crippen LogP contribution < -0.4 is 22.1 Å². The van der Waals surface area contributed by atoms with Gasteiger partial charge in [0, 0.05) is 103 Å². The highest BCUT2D eigenvalue weighted by atomic mass is 32.2. The zero-order chi connectivity index (χ0) is 64.3. The zero-order valence-corrected chi connectivity index (χ0v) is 48.4. The number of amides is 2. The van der Waals surface area contributed by atoms with E-state index in [2.05, 4.69) is 20.6 Å². The van der Waals surface area contributed by atoms with Crippen molar-refractivity contribution < 1.29 is 86.2 Å². The number of rotatable bonds is 27. The molecular formula is C60H64F12N6O7S2. The Morgan fingerprint density at radius 2 is 0.851 bits per heavy atom. The Morgan fingerprint density at radius 1 is 0.517 bits per heavy atom. The van der Waals surface area contributed by atoms with E-state index in [-0.39, 0.29) is 30.9 Å². The number of ketones is 5. The second-order valence-corrected chi connectivity index (χ2v) is 22.8. The van der Waals surface area contributed by atoms with E-state index < -0.39 is 165 Å². The maximum atomic E-state index is 13.6. The summed E-state index contributed by atoms with van der Waals surface area (Å²) in [7, 11) is 0. The van der Waals surface area contributed by atoms with Crippen LogP contribution in [0.2, 0.25) is 0 Å². The highest BCUT2D eigenvalue weighted by Gasteiger charge is 2.43. The second kappa shape index (κ2) is 32.5. The van der Waals surface area contributed by atoms with Gasteiger partial charge in [0.2, 0.25) is 11.8 Å². The molecule has 2 amide bonds. The lowest BCUT2D eigenvalue weighted by atomic mass is 9.81. The van der Waals surface area contributed by atoms with Gasteiger partial charge in [-0.25, -0.2) is 0 Å². The molecule has 0 bridgehead atoms. The lowest BCUT2D eigenvalue weighted by molar-refractivity contribution is -0.152. The molecule has 4 aromatic rings. The van der Waals surface area contributed by atoms with E-state index in [0.29, 0.717) is 50.6 Å². The van der Waals surface area contributed by atoms with Gasteiger partial charge in [0.05, 0.1) is 29.0 Å². The third-order valence-electron chi connectivity index (χ3n) is 14.1. The summed E-state index contributed by atoms with van der Waals surface area (Å²) >= 11 is 1.86. The highest BCUT2D eigenvalue weighted by Crippen LogP contribution is 2.37. The number of benzene rings is 4. The fraction of sp³-hybridized carbons (Fsp3) is 0.450. The number of thioether (sulfide) groups is 2. The molecule has 4 aromatic carbocycles. The number of Topliss-reactive ketones (excluding diaryl/α,β-unsaturated/α-hetero) is 5. The van der Waals surface area contributed by atoms with Gasteiger partial charge in [0.25, 0.3) is 0 Å². The second-order valence-electron chi connectivity index (χ2n) is 20.7. The van der Waals surface area contributed by atoms with Gasteiger partial charge in [0.1, 0.15) is 17.3 Å². The SMILES string of the molecule is CC(=O)[C@@H](N)CSCC(=O)[C@@H](CCC(F)(F)F)[C@@H](CCC(F)(F)F)C(=O)N[C@H]1N=C(c2ccccc2)c2ccccc2CC1=O.NCCSCC(=O)[C@@H](CCC(F)(F)F)[C@@H](CCC(F)(F)F)C(=O)N[C@H]1N=C(c2ccccc2)c2ccccc2CC1=O. The highest BCUT2D eigenvalue weighted by molar-refractivity contribution is 8.00. The molecule has 0 aromatic heterocycles. The third kappa shape index (κ3) is 23.4. The van der Waals surface area contributed by atoms with Crippen LogP contribution in [0.15, 0.2) is 119 Å². The number of nitrogens with one attached hydrogen (secondary N) is 2. The molecule has 87 heavy (non-hydrogen) atoms. The maximum absolute atomic E-state index is 13.6. The quantitative estimate of drug-likeness (QED) is 0.0325. The molecule has 0 saturated heterocycles. The van der Waals surface area contributed by atoms with Gasteiger partial charge < -0.3 is 22.1 Å².